The summed E-state index contributed by atoms with van der Waals surface area (Å²) in [6.07, 6.45) is 7.72. The molecule has 1 rings (SSSR count). The Hall–Kier alpha value is 0.200. The summed E-state index contributed by atoms with van der Waals surface area (Å²) in [5, 5.41) is 9.93. The molecule has 1 heterocycles. The SMILES string of the molecule is CCCCCCCCC(O)c1cc(Br)c(Br)o1. The molecule has 0 saturated carbocycles. The molecule has 0 aliphatic rings. The molecule has 1 unspecified atom stereocenters. The largest absolute Gasteiger partial charge is 0.450 e. The molecule has 0 bridgehead atoms. The predicted molar refractivity (Wildman–Crippen MR) is 77.1 cm³/mol. The highest BCUT2D eigenvalue weighted by molar-refractivity contribution is 9.13. The van der Waals surface area contributed by atoms with Crippen molar-refractivity contribution in [1.82, 2.24) is 0 Å². The second-order valence-electron chi connectivity index (χ2n) is 4.34. The van der Waals surface area contributed by atoms with Gasteiger partial charge in [0.2, 0.25) is 0 Å². The molecule has 0 radical (unpaired) electrons. The molecule has 2 nitrogen and oxygen atoms in total. The Balaban J connectivity index is 2.19. The van der Waals surface area contributed by atoms with Crippen LogP contribution in [-0.2, 0) is 0 Å². The van der Waals surface area contributed by atoms with Gasteiger partial charge in [-0.3, -0.25) is 0 Å². The molecule has 4 heteroatoms. The summed E-state index contributed by atoms with van der Waals surface area (Å²) in [6, 6.07) is 1.83. The Morgan fingerprint density at radius 3 is 2.41 bits per heavy atom. The summed E-state index contributed by atoms with van der Waals surface area (Å²) in [5.41, 5.74) is 0. The van der Waals surface area contributed by atoms with Crippen molar-refractivity contribution in [3.63, 3.8) is 0 Å². The van der Waals surface area contributed by atoms with E-state index in [4.69, 9.17) is 4.42 Å². The van der Waals surface area contributed by atoms with Crippen molar-refractivity contribution in [1.29, 1.82) is 0 Å². The maximum Gasteiger partial charge on any atom is 0.183 e. The smallest absolute Gasteiger partial charge is 0.183 e. The first-order valence-electron chi connectivity index (χ1n) is 6.28. The molecule has 1 N–H and O–H groups in total. The van der Waals surface area contributed by atoms with E-state index >= 15 is 0 Å². The third-order valence-electron chi connectivity index (χ3n) is 2.82. The Morgan fingerprint density at radius 2 is 1.82 bits per heavy atom. The van der Waals surface area contributed by atoms with Crippen LogP contribution in [-0.4, -0.2) is 5.11 Å². The molecule has 17 heavy (non-hydrogen) atoms. The number of hydrogen-bond donors (Lipinski definition) is 1. The van der Waals surface area contributed by atoms with Crippen LogP contribution in [0, 0.1) is 0 Å². The highest BCUT2D eigenvalue weighted by Crippen LogP contribution is 2.31. The molecule has 1 aromatic heterocycles. The molecule has 1 aromatic rings. The average Bonchev–Trinajstić information content (AvgIpc) is 2.64. The number of rotatable bonds is 8. The summed E-state index contributed by atoms with van der Waals surface area (Å²) in [7, 11) is 0. The van der Waals surface area contributed by atoms with Crippen LogP contribution in [0.1, 0.15) is 63.7 Å². The fraction of sp³-hybridized carbons (Fsp3) is 0.692. The van der Waals surface area contributed by atoms with Gasteiger partial charge >= 0.3 is 0 Å². The van der Waals surface area contributed by atoms with Gasteiger partial charge in [0, 0.05) is 0 Å². The number of unbranched alkanes of at least 4 members (excludes halogenated alkanes) is 5. The van der Waals surface area contributed by atoms with Crippen LogP contribution in [0.15, 0.2) is 19.6 Å². The minimum absolute atomic E-state index is 0.483. The maximum atomic E-state index is 9.93. The van der Waals surface area contributed by atoms with Crippen LogP contribution >= 0.6 is 31.9 Å². The topological polar surface area (TPSA) is 33.4 Å². The van der Waals surface area contributed by atoms with Crippen LogP contribution in [0.5, 0.6) is 0 Å². The number of hydrogen-bond acceptors (Lipinski definition) is 2. The van der Waals surface area contributed by atoms with E-state index in [2.05, 4.69) is 38.8 Å². The molecule has 98 valence electrons. The van der Waals surface area contributed by atoms with Gasteiger partial charge in [-0.05, 0) is 44.3 Å². The first kappa shape index (κ1) is 15.3. The van der Waals surface area contributed by atoms with E-state index in [0.717, 1.165) is 17.3 Å². The van der Waals surface area contributed by atoms with E-state index in [1.165, 1.54) is 32.1 Å². The van der Waals surface area contributed by atoms with Crippen LogP contribution in [0.2, 0.25) is 0 Å². The zero-order valence-electron chi connectivity index (χ0n) is 10.2. The van der Waals surface area contributed by atoms with Gasteiger partial charge in [0.15, 0.2) is 4.67 Å². The highest BCUT2D eigenvalue weighted by atomic mass is 79.9. The number of furan rings is 1. The monoisotopic (exact) mass is 366 g/mol. The second kappa shape index (κ2) is 8.33. The van der Waals surface area contributed by atoms with Crippen molar-refractivity contribution < 1.29 is 9.52 Å². The quantitative estimate of drug-likeness (QED) is 0.607. The van der Waals surface area contributed by atoms with E-state index in [1.807, 2.05) is 6.07 Å². The van der Waals surface area contributed by atoms with Gasteiger partial charge in [-0.25, -0.2) is 0 Å². The summed E-state index contributed by atoms with van der Waals surface area (Å²) >= 11 is 6.61. The maximum absolute atomic E-state index is 9.93. The Morgan fingerprint density at radius 1 is 1.18 bits per heavy atom. The third-order valence-corrected chi connectivity index (χ3v) is 4.53. The molecule has 0 aliphatic heterocycles. The van der Waals surface area contributed by atoms with Crippen molar-refractivity contribution in [3.8, 4) is 0 Å². The minimum atomic E-state index is -0.483. The van der Waals surface area contributed by atoms with Crippen LogP contribution in [0.25, 0.3) is 0 Å². The number of aliphatic hydroxyl groups excluding tert-OH is 1. The second-order valence-corrected chi connectivity index (χ2v) is 5.92. The molecule has 0 amide bonds. The lowest BCUT2D eigenvalue weighted by molar-refractivity contribution is 0.135. The fourth-order valence-corrected chi connectivity index (χ4v) is 2.40. The van der Waals surface area contributed by atoms with Crippen LogP contribution < -0.4 is 0 Å². The summed E-state index contributed by atoms with van der Waals surface area (Å²) in [4.78, 5) is 0. The van der Waals surface area contributed by atoms with Crippen molar-refractivity contribution in [3.05, 3.63) is 21.0 Å². The standard InChI is InChI=1S/C13H20Br2O2/c1-2-3-4-5-6-7-8-11(16)12-9-10(14)13(15)17-12/h9,11,16H,2-8H2,1H3. The Labute approximate surface area is 120 Å². The lowest BCUT2D eigenvalue weighted by atomic mass is 10.1. The van der Waals surface area contributed by atoms with E-state index in [1.54, 1.807) is 0 Å². The molecule has 0 aliphatic carbocycles. The molecule has 0 fully saturated rings. The van der Waals surface area contributed by atoms with Gasteiger partial charge in [0.25, 0.3) is 0 Å². The van der Waals surface area contributed by atoms with Crippen molar-refractivity contribution >= 4 is 31.9 Å². The van der Waals surface area contributed by atoms with Gasteiger partial charge in [-0.1, -0.05) is 45.4 Å². The lowest BCUT2D eigenvalue weighted by Gasteiger charge is -2.07. The third kappa shape index (κ3) is 5.58. The summed E-state index contributed by atoms with van der Waals surface area (Å²) in [5.74, 6) is 0.636. The molecule has 1 atom stereocenters. The van der Waals surface area contributed by atoms with E-state index in [-0.39, 0.29) is 0 Å². The number of aliphatic hydroxyl groups is 1. The highest BCUT2D eigenvalue weighted by Gasteiger charge is 2.14. The van der Waals surface area contributed by atoms with Crippen molar-refractivity contribution in [2.75, 3.05) is 0 Å². The molecule has 0 spiro atoms. The molecular weight excluding hydrogens is 348 g/mol. The predicted octanol–water partition coefficient (Wildman–Crippen LogP) is 5.59. The van der Waals surface area contributed by atoms with E-state index < -0.39 is 6.10 Å². The summed E-state index contributed by atoms with van der Waals surface area (Å²) in [6.45, 7) is 2.22. The molecular formula is C13H20Br2O2. The normalized spacial score (nSPS) is 12.9. The molecule has 0 saturated heterocycles. The fourth-order valence-electron chi connectivity index (χ4n) is 1.79. The first-order valence-corrected chi connectivity index (χ1v) is 7.86. The van der Waals surface area contributed by atoms with Gasteiger partial charge in [0.1, 0.15) is 11.9 Å². The molecule has 0 aromatic carbocycles. The Kier molecular flexibility index (Phi) is 7.47. The van der Waals surface area contributed by atoms with E-state index in [0.29, 0.717) is 10.4 Å². The van der Waals surface area contributed by atoms with Crippen molar-refractivity contribution in [2.24, 2.45) is 0 Å². The van der Waals surface area contributed by atoms with E-state index in [9.17, 15) is 5.11 Å². The van der Waals surface area contributed by atoms with Gasteiger partial charge in [0.05, 0.1) is 4.47 Å². The Bertz CT molecular complexity index is 304. The summed E-state index contributed by atoms with van der Waals surface area (Å²) < 4.78 is 6.90. The zero-order valence-corrected chi connectivity index (χ0v) is 13.4. The first-order chi connectivity index (χ1) is 8.15. The van der Waals surface area contributed by atoms with Crippen molar-refractivity contribution in [2.45, 2.75) is 58.0 Å². The van der Waals surface area contributed by atoms with Gasteiger partial charge in [-0.2, -0.15) is 0 Å². The van der Waals surface area contributed by atoms with Gasteiger partial charge < -0.3 is 9.52 Å². The minimum Gasteiger partial charge on any atom is -0.450 e. The zero-order chi connectivity index (χ0) is 12.7. The average molecular weight is 368 g/mol. The van der Waals surface area contributed by atoms with Gasteiger partial charge in [-0.15, -0.1) is 0 Å². The number of halogens is 2. The lowest BCUT2D eigenvalue weighted by Crippen LogP contribution is -1.95. The van der Waals surface area contributed by atoms with Crippen LogP contribution in [0.3, 0.4) is 0 Å². The van der Waals surface area contributed by atoms with Crippen LogP contribution in [0.4, 0.5) is 0 Å².